The molecule has 1 fully saturated rings. The van der Waals surface area contributed by atoms with Gasteiger partial charge in [0, 0.05) is 35.9 Å². The molecule has 9 nitrogen and oxygen atoms in total. The normalized spacial score (nSPS) is 17.2. The molecule has 148 valence electrons. The van der Waals surface area contributed by atoms with Gasteiger partial charge in [-0.2, -0.15) is 4.31 Å². The van der Waals surface area contributed by atoms with Crippen molar-refractivity contribution >= 4 is 38.1 Å². The number of nitrogens with zero attached hydrogens (tertiary/aromatic N) is 3. The Bertz CT molecular complexity index is 1080. The quantitative estimate of drug-likeness (QED) is 0.583. The fraction of sp³-hybridized carbons (Fsp3) is 0.412. The zero-order valence-electron chi connectivity index (χ0n) is 15.0. The number of nitro benzene ring substituents is 1. The fourth-order valence-electron chi connectivity index (χ4n) is 3.10. The lowest BCUT2D eigenvalue weighted by molar-refractivity contribution is -0.385. The maximum Gasteiger partial charge on any atom is 0.270 e. The van der Waals surface area contributed by atoms with E-state index in [-0.39, 0.29) is 35.5 Å². The molecule has 2 aromatic rings. The van der Waals surface area contributed by atoms with Crippen LogP contribution in [0.1, 0.15) is 29.0 Å². The number of carbonyl (C=O) groups excluding carboxylic acids is 1. The molecule has 0 unspecified atom stereocenters. The maximum absolute atomic E-state index is 13.1. The number of carbonyl (C=O) groups is 1. The minimum absolute atomic E-state index is 0.0391. The summed E-state index contributed by atoms with van der Waals surface area (Å²) in [6.07, 6.45) is 2.22. The number of benzene rings is 1. The van der Waals surface area contributed by atoms with E-state index < -0.39 is 14.9 Å². The molecular weight excluding hydrogens is 404 g/mol. The zero-order valence-corrected chi connectivity index (χ0v) is 16.7. The Hall–Kier alpha value is -2.37. The third-order valence-electron chi connectivity index (χ3n) is 4.87. The summed E-state index contributed by atoms with van der Waals surface area (Å²) in [7, 11) is -3.89. The number of nitrogens with one attached hydrogen (secondary N) is 1. The highest BCUT2D eigenvalue weighted by molar-refractivity contribution is 7.89. The van der Waals surface area contributed by atoms with Gasteiger partial charge in [-0.1, -0.05) is 6.07 Å². The van der Waals surface area contributed by atoms with Crippen molar-refractivity contribution in [3.63, 3.8) is 0 Å². The van der Waals surface area contributed by atoms with Crippen molar-refractivity contribution in [2.75, 3.05) is 11.9 Å². The van der Waals surface area contributed by atoms with E-state index in [1.165, 1.54) is 27.8 Å². The highest BCUT2D eigenvalue weighted by Gasteiger charge is 2.34. The molecule has 0 atom stereocenters. The summed E-state index contributed by atoms with van der Waals surface area (Å²) in [6, 6.07) is 3.84. The van der Waals surface area contributed by atoms with E-state index >= 15 is 0 Å². The van der Waals surface area contributed by atoms with Crippen LogP contribution in [-0.4, -0.2) is 35.1 Å². The largest absolute Gasteiger partial charge is 0.302 e. The van der Waals surface area contributed by atoms with Gasteiger partial charge in [-0.25, -0.2) is 13.4 Å². The average Bonchev–Trinajstić information content (AvgIpc) is 3.41. The highest BCUT2D eigenvalue weighted by Crippen LogP contribution is 2.34. The molecule has 2 heterocycles. The Labute approximate surface area is 165 Å². The number of aryl methyl sites for hydroxylation is 1. The van der Waals surface area contributed by atoms with Crippen LogP contribution < -0.4 is 5.32 Å². The molecule has 0 spiro atoms. The number of anilines is 1. The fourth-order valence-corrected chi connectivity index (χ4v) is 5.86. The van der Waals surface area contributed by atoms with Crippen molar-refractivity contribution in [1.82, 2.24) is 9.29 Å². The lowest BCUT2D eigenvalue weighted by Crippen LogP contribution is -2.35. The van der Waals surface area contributed by atoms with Gasteiger partial charge < -0.3 is 5.32 Å². The zero-order chi connectivity index (χ0) is 20.1. The van der Waals surface area contributed by atoms with E-state index in [0.29, 0.717) is 17.1 Å². The number of non-ortho nitro benzene ring substituents is 1. The number of nitro groups is 1. The van der Waals surface area contributed by atoms with Crippen LogP contribution in [0, 0.1) is 23.0 Å². The Kier molecular flexibility index (Phi) is 4.68. The summed E-state index contributed by atoms with van der Waals surface area (Å²) in [5, 5.41) is 14.3. The lowest BCUT2D eigenvalue weighted by atomic mass is 10.2. The first kappa shape index (κ1) is 19.0. The van der Waals surface area contributed by atoms with Crippen LogP contribution in [-0.2, 0) is 27.8 Å². The van der Waals surface area contributed by atoms with Crippen LogP contribution in [0.4, 0.5) is 10.8 Å². The van der Waals surface area contributed by atoms with Gasteiger partial charge in [0.15, 0.2) is 5.13 Å². The first-order valence-electron chi connectivity index (χ1n) is 8.80. The summed E-state index contributed by atoms with van der Waals surface area (Å²) in [5.41, 5.74) is 0.987. The summed E-state index contributed by atoms with van der Waals surface area (Å²) < 4.78 is 27.5. The first-order valence-corrected chi connectivity index (χ1v) is 11.1. The van der Waals surface area contributed by atoms with Gasteiger partial charge in [0.25, 0.3) is 5.69 Å². The lowest BCUT2D eigenvalue weighted by Gasteiger charge is -2.25. The van der Waals surface area contributed by atoms with Crippen LogP contribution >= 0.6 is 11.3 Å². The van der Waals surface area contributed by atoms with E-state index in [2.05, 4.69) is 10.3 Å². The molecule has 28 heavy (non-hydrogen) atoms. The summed E-state index contributed by atoms with van der Waals surface area (Å²) in [5.74, 6) is 0.0254. The molecule has 0 bridgehead atoms. The van der Waals surface area contributed by atoms with E-state index in [0.717, 1.165) is 29.5 Å². The van der Waals surface area contributed by atoms with Crippen LogP contribution in [0.5, 0.6) is 0 Å². The van der Waals surface area contributed by atoms with Crippen molar-refractivity contribution in [2.45, 2.75) is 37.6 Å². The molecule has 1 aliphatic carbocycles. The first-order chi connectivity index (χ1) is 13.3. The van der Waals surface area contributed by atoms with Crippen molar-refractivity contribution in [3.05, 3.63) is 44.4 Å². The van der Waals surface area contributed by atoms with Gasteiger partial charge in [0.2, 0.25) is 15.9 Å². The molecular formula is C17H18N4O5S2. The molecule has 2 aliphatic rings. The Balaban J connectivity index is 1.58. The molecule has 11 heteroatoms. The Morgan fingerprint density at radius 3 is 2.82 bits per heavy atom. The molecule has 4 rings (SSSR count). The van der Waals surface area contributed by atoms with Crippen molar-refractivity contribution < 1.29 is 18.1 Å². The number of aromatic nitrogens is 1. The smallest absolute Gasteiger partial charge is 0.270 e. The van der Waals surface area contributed by atoms with Crippen LogP contribution in [0.3, 0.4) is 0 Å². The van der Waals surface area contributed by atoms with E-state index in [1.807, 2.05) is 0 Å². The van der Waals surface area contributed by atoms with E-state index in [9.17, 15) is 23.3 Å². The predicted octanol–water partition coefficient (Wildman–Crippen LogP) is 2.46. The minimum atomic E-state index is -3.89. The number of sulfonamides is 1. The molecule has 0 saturated heterocycles. The van der Waals surface area contributed by atoms with Crippen LogP contribution in [0.15, 0.2) is 23.1 Å². The molecule has 1 aliphatic heterocycles. The van der Waals surface area contributed by atoms with Crippen LogP contribution in [0.2, 0.25) is 0 Å². The van der Waals surface area contributed by atoms with Crippen molar-refractivity contribution in [1.29, 1.82) is 0 Å². The second-order valence-corrected chi connectivity index (χ2v) is 9.94. The average molecular weight is 422 g/mol. The molecule has 0 radical (unpaired) electrons. The topological polar surface area (TPSA) is 123 Å². The van der Waals surface area contributed by atoms with Crippen molar-refractivity contribution in [2.24, 2.45) is 5.92 Å². The second-order valence-electron chi connectivity index (χ2n) is 6.95. The molecule has 1 aromatic heterocycles. The SMILES string of the molecule is Cc1ccc([N+](=O)[O-])cc1S(=O)(=O)N1CCc2nc(NC(=O)C3CC3)sc2C1. The van der Waals surface area contributed by atoms with Crippen LogP contribution in [0.25, 0.3) is 0 Å². The summed E-state index contributed by atoms with van der Waals surface area (Å²) in [4.78, 5) is 27.5. The Morgan fingerprint density at radius 1 is 1.39 bits per heavy atom. The molecule has 1 N–H and O–H groups in total. The number of hydrogen-bond donors (Lipinski definition) is 1. The Morgan fingerprint density at radius 2 is 2.14 bits per heavy atom. The molecule has 1 amide bonds. The summed E-state index contributed by atoms with van der Waals surface area (Å²) in [6.45, 7) is 1.98. The number of fused-ring (bicyclic) bond motifs is 1. The highest BCUT2D eigenvalue weighted by atomic mass is 32.2. The van der Waals surface area contributed by atoms with Gasteiger partial charge in [0.05, 0.1) is 22.1 Å². The molecule has 1 saturated carbocycles. The number of hydrogen-bond acceptors (Lipinski definition) is 7. The number of thiazole rings is 1. The predicted molar refractivity (Wildman–Crippen MR) is 103 cm³/mol. The van der Waals surface area contributed by atoms with Gasteiger partial charge >= 0.3 is 0 Å². The maximum atomic E-state index is 13.1. The third kappa shape index (κ3) is 3.52. The molecule has 1 aromatic carbocycles. The number of rotatable bonds is 5. The van der Waals surface area contributed by atoms with Gasteiger partial charge in [-0.05, 0) is 25.3 Å². The monoisotopic (exact) mass is 422 g/mol. The van der Waals surface area contributed by atoms with E-state index in [1.54, 1.807) is 6.92 Å². The van der Waals surface area contributed by atoms with Gasteiger partial charge in [-0.3, -0.25) is 14.9 Å². The second kappa shape index (κ2) is 6.90. The van der Waals surface area contributed by atoms with Gasteiger partial charge in [-0.15, -0.1) is 11.3 Å². The minimum Gasteiger partial charge on any atom is -0.302 e. The van der Waals surface area contributed by atoms with E-state index in [4.69, 9.17) is 0 Å². The third-order valence-corrected chi connectivity index (χ3v) is 7.86. The van der Waals surface area contributed by atoms with Gasteiger partial charge in [0.1, 0.15) is 0 Å². The number of amides is 1. The summed E-state index contributed by atoms with van der Waals surface area (Å²) >= 11 is 1.28. The standard InChI is InChI=1S/C17H18N4O5S2/c1-10-2-5-12(21(23)24)8-15(10)28(25,26)20-7-6-13-14(9-20)27-17(18-13)19-16(22)11-3-4-11/h2,5,8,11H,3-4,6-7,9H2,1H3,(H,18,19,22). The van der Waals surface area contributed by atoms with Crippen molar-refractivity contribution in [3.8, 4) is 0 Å².